The van der Waals surface area contributed by atoms with Gasteiger partial charge < -0.3 is 22.8 Å². The smallest absolute Gasteiger partial charge is 0.367 e. The Morgan fingerprint density at radius 2 is 0.556 bits per heavy atom. The topological polar surface area (TPSA) is 0 Å². The fraction of sp³-hybridized carbons (Fsp3) is 0.0952. The molecule has 0 bridgehead atoms. The number of rotatable bonds is 6. The molecular weight excluding hydrogens is 658 g/mol. The van der Waals surface area contributed by atoms with Crippen LogP contribution in [-0.4, -0.2) is 0 Å². The molecule has 0 unspecified atom stereocenters. The molecule has 3 heteroatoms. The first-order valence-corrected chi connectivity index (χ1v) is 18.0. The maximum atomic E-state index is 4.04. The number of allylic oxidation sites excluding steroid dienone is 2. The molecule has 0 nitrogen and oxygen atoms in total. The van der Waals surface area contributed by atoms with Gasteiger partial charge in [-0.2, -0.15) is 0 Å². The molecule has 10 radical (unpaired) electrons. The molecule has 3 aliphatic carbocycles. The van der Waals surface area contributed by atoms with E-state index in [0.29, 0.717) is 0 Å². The quantitative estimate of drug-likeness (QED) is 0.139. The van der Waals surface area contributed by atoms with Gasteiger partial charge in [-0.05, 0) is 85.4 Å². The molecule has 0 N–H and O–H groups in total. The van der Waals surface area contributed by atoms with Gasteiger partial charge in [-0.25, -0.2) is 0 Å². The second-order valence-corrected chi connectivity index (χ2v) is 14.2. The van der Waals surface area contributed by atoms with Crippen molar-refractivity contribution in [1.29, 1.82) is 0 Å². The first-order chi connectivity index (χ1) is 21.9. The van der Waals surface area contributed by atoms with Crippen LogP contribution >= 0.6 is 15.8 Å². The van der Waals surface area contributed by atoms with Crippen LogP contribution in [0.5, 0.6) is 0 Å². The second kappa shape index (κ2) is 21.1. The molecule has 7 rings (SSSR count). The normalized spacial score (nSPS) is 17.7. The third-order valence-electron chi connectivity index (χ3n) is 7.13. The maximum Gasteiger partial charge on any atom is 4.00 e. The van der Waals surface area contributed by atoms with Crippen molar-refractivity contribution in [3.63, 3.8) is 0 Å². The van der Waals surface area contributed by atoms with Gasteiger partial charge in [-0.3, -0.25) is 0 Å². The molecule has 4 aromatic carbocycles. The van der Waals surface area contributed by atoms with Gasteiger partial charge in [0.25, 0.3) is 0 Å². The van der Waals surface area contributed by atoms with Crippen LogP contribution in [0, 0.1) is 75.8 Å². The van der Waals surface area contributed by atoms with E-state index in [1.807, 2.05) is 64.2 Å². The van der Waals surface area contributed by atoms with Crippen molar-refractivity contribution in [3.05, 3.63) is 208 Å². The van der Waals surface area contributed by atoms with Gasteiger partial charge >= 0.3 is 26.2 Å². The molecule has 0 aliphatic heterocycles. The van der Waals surface area contributed by atoms with E-state index in [2.05, 4.69) is 133 Å². The van der Waals surface area contributed by atoms with Crippen molar-refractivity contribution in [2.75, 3.05) is 0 Å². The van der Waals surface area contributed by atoms with E-state index in [1.54, 1.807) is 0 Å². The van der Waals surface area contributed by atoms with E-state index < -0.39 is 15.8 Å². The van der Waals surface area contributed by atoms with Crippen LogP contribution in [0.2, 0.25) is 0 Å². The predicted octanol–water partition coefficient (Wildman–Crippen LogP) is 9.24. The minimum Gasteiger partial charge on any atom is -0.367 e. The van der Waals surface area contributed by atoms with Gasteiger partial charge in [0.15, 0.2) is 0 Å². The summed E-state index contributed by atoms with van der Waals surface area (Å²) in [6.45, 7) is 0. The summed E-state index contributed by atoms with van der Waals surface area (Å²) in [5.74, 6) is 8.08. The van der Waals surface area contributed by atoms with Gasteiger partial charge in [0.05, 0.1) is 0 Å². The molecule has 0 heterocycles. The summed E-state index contributed by atoms with van der Waals surface area (Å²) >= 11 is 0. The SMILES string of the molecule is [C-](=C1CCCCC1=[C-]P(c1ccccc1)c1ccccc1)P(c1ccccc1)c1ccccc1.[CH]1[CH][CH][CH][CH]1.[CH]1[CH][CH][CH][CH]1.[Zr+4]. The fourth-order valence-corrected chi connectivity index (χ4v) is 8.96. The predicted molar refractivity (Wildman–Crippen MR) is 193 cm³/mol. The Kier molecular flexibility index (Phi) is 16.8. The summed E-state index contributed by atoms with van der Waals surface area (Å²) in [5, 5.41) is 5.42. The van der Waals surface area contributed by atoms with E-state index in [1.165, 1.54) is 45.2 Å². The minimum atomic E-state index is -0.675. The zero-order valence-electron chi connectivity index (χ0n) is 25.5. The fourth-order valence-electron chi connectivity index (χ4n) is 4.93. The summed E-state index contributed by atoms with van der Waals surface area (Å²) < 4.78 is 0. The summed E-state index contributed by atoms with van der Waals surface area (Å²) in [6, 6.07) is 43.6. The number of hydrogen-bond donors (Lipinski definition) is 0. The Balaban J connectivity index is 0.000000356. The van der Waals surface area contributed by atoms with Crippen LogP contribution in [0.4, 0.5) is 0 Å². The molecule has 0 spiro atoms. The van der Waals surface area contributed by atoms with Crippen LogP contribution in [0.25, 0.3) is 0 Å². The van der Waals surface area contributed by atoms with Gasteiger partial charge in [0.2, 0.25) is 0 Å². The van der Waals surface area contributed by atoms with Crippen LogP contribution in [0.3, 0.4) is 0 Å². The van der Waals surface area contributed by atoms with Crippen LogP contribution in [0.1, 0.15) is 25.7 Å². The second-order valence-electron chi connectivity index (χ2n) is 10.3. The van der Waals surface area contributed by atoms with E-state index in [9.17, 15) is 0 Å². The van der Waals surface area contributed by atoms with Crippen LogP contribution in [0.15, 0.2) is 132 Å². The zero-order valence-corrected chi connectivity index (χ0v) is 29.8. The monoisotopic (exact) mass is 694 g/mol. The molecular formula is C42H38P2Zr+2. The third-order valence-corrected chi connectivity index (χ3v) is 11.4. The van der Waals surface area contributed by atoms with Gasteiger partial charge in [0.1, 0.15) is 0 Å². The molecule has 3 fully saturated rings. The standard InChI is InChI=1S/C32H28P2.2C5H5.Zr/c1-5-17-29(18-6-1)33(30-19-7-2-8-20-30)25-27-15-13-14-16-28(27)26-34(31-21-9-3-10-22-31)32-23-11-4-12-24-32;2*1-2-4-5-3-1;/h1-12,17-24H,13-16H2;2*1-5H;/q-2;;;+4. The van der Waals surface area contributed by atoms with Crippen molar-refractivity contribution >= 4 is 37.1 Å². The molecule has 3 aliphatic rings. The Morgan fingerprint density at radius 1 is 0.333 bits per heavy atom. The van der Waals surface area contributed by atoms with Crippen LogP contribution in [-0.2, 0) is 26.2 Å². The molecule has 218 valence electrons. The Bertz CT molecular complexity index is 1190. The van der Waals surface area contributed by atoms with Crippen molar-refractivity contribution in [2.24, 2.45) is 0 Å². The molecule has 0 aromatic heterocycles. The average molecular weight is 696 g/mol. The van der Waals surface area contributed by atoms with E-state index in [4.69, 9.17) is 0 Å². The molecule has 0 amide bonds. The Hall–Kier alpha value is -1.90. The first-order valence-electron chi connectivity index (χ1n) is 15.3. The van der Waals surface area contributed by atoms with Crippen molar-refractivity contribution < 1.29 is 26.2 Å². The summed E-state index contributed by atoms with van der Waals surface area (Å²) in [4.78, 5) is 0. The van der Waals surface area contributed by atoms with Crippen LogP contribution < -0.4 is 21.2 Å². The molecule has 45 heavy (non-hydrogen) atoms. The molecule has 0 saturated heterocycles. The van der Waals surface area contributed by atoms with E-state index in [-0.39, 0.29) is 26.2 Å². The summed E-state index contributed by atoms with van der Waals surface area (Å²) in [6.07, 6.45) is 24.6. The maximum absolute atomic E-state index is 4.04. The van der Waals surface area contributed by atoms with Crippen molar-refractivity contribution in [2.45, 2.75) is 25.7 Å². The first kappa shape index (κ1) is 35.9. The van der Waals surface area contributed by atoms with Gasteiger partial charge in [0, 0.05) is 0 Å². The molecule has 0 atom stereocenters. The Morgan fingerprint density at radius 3 is 0.778 bits per heavy atom. The molecule has 4 aromatic rings. The molecule has 3 saturated carbocycles. The Labute approximate surface area is 295 Å². The van der Waals surface area contributed by atoms with E-state index >= 15 is 0 Å². The zero-order chi connectivity index (χ0) is 30.1. The average Bonchev–Trinajstić information content (AvgIpc) is 3.89. The largest absolute Gasteiger partial charge is 4.00 e. The van der Waals surface area contributed by atoms with Crippen molar-refractivity contribution in [1.82, 2.24) is 0 Å². The van der Waals surface area contributed by atoms with E-state index in [0.717, 1.165) is 12.8 Å². The van der Waals surface area contributed by atoms with Gasteiger partial charge in [-0.1, -0.05) is 134 Å². The minimum absolute atomic E-state index is 0. The number of benzene rings is 4. The summed E-state index contributed by atoms with van der Waals surface area (Å²) in [7, 11) is -1.35. The summed E-state index contributed by atoms with van der Waals surface area (Å²) in [5.41, 5.74) is 2.76. The third kappa shape index (κ3) is 12.0. The van der Waals surface area contributed by atoms with Crippen molar-refractivity contribution in [3.8, 4) is 0 Å². The number of hydrogen-bond acceptors (Lipinski definition) is 0. The van der Waals surface area contributed by atoms with Gasteiger partial charge in [-0.15, -0.1) is 28.7 Å².